The van der Waals surface area contributed by atoms with E-state index in [1.54, 1.807) is 0 Å². The van der Waals surface area contributed by atoms with Crippen LogP contribution in [0.1, 0.15) is 17.4 Å². The Morgan fingerprint density at radius 2 is 1.52 bits per heavy atom. The van der Waals surface area contributed by atoms with E-state index in [4.69, 9.17) is 0 Å². The number of rotatable bonds is 0. The quantitative estimate of drug-likeness (QED) is 0.263. The van der Waals surface area contributed by atoms with Crippen LogP contribution < -0.4 is 0 Å². The molecule has 0 bridgehead atoms. The fourth-order valence-electron chi connectivity index (χ4n) is 5.70. The van der Waals surface area contributed by atoms with Crippen LogP contribution in [-0.4, -0.2) is 11.9 Å². The van der Waals surface area contributed by atoms with Crippen LogP contribution >= 0.6 is 11.3 Å². The number of allylic oxidation sites excluding steroid dienone is 4. The van der Waals surface area contributed by atoms with E-state index >= 15 is 0 Å². The first-order valence-corrected chi connectivity index (χ1v) is 12.3. The van der Waals surface area contributed by atoms with E-state index in [1.807, 2.05) is 47.7 Å². The summed E-state index contributed by atoms with van der Waals surface area (Å²) in [5, 5.41) is 4.10. The Hall–Kier alpha value is -3.36. The van der Waals surface area contributed by atoms with Crippen molar-refractivity contribution in [3.63, 3.8) is 0 Å². The molecule has 0 N–H and O–H groups in total. The van der Waals surface area contributed by atoms with Gasteiger partial charge in [0.05, 0.1) is 0 Å². The molecule has 162 valence electrons. The zero-order valence-electron chi connectivity index (χ0n) is 19.1. The molecule has 0 saturated carbocycles. The molecule has 2 aliphatic carbocycles. The van der Waals surface area contributed by atoms with Crippen molar-refractivity contribution in [3.8, 4) is 0 Å². The second-order valence-corrected chi connectivity index (χ2v) is 10.3. The van der Waals surface area contributed by atoms with Crippen molar-refractivity contribution in [1.82, 2.24) is 4.90 Å². The maximum Gasteiger partial charge on any atom is 0.0393 e. The molecule has 2 heterocycles. The summed E-state index contributed by atoms with van der Waals surface area (Å²) >= 11 is 1.96. The van der Waals surface area contributed by atoms with Crippen LogP contribution in [0.5, 0.6) is 0 Å². The van der Waals surface area contributed by atoms with Gasteiger partial charge in [-0.2, -0.15) is 0 Å². The second-order valence-electron chi connectivity index (χ2n) is 9.23. The number of hydrogen-bond donors (Lipinski definition) is 0. The minimum absolute atomic E-state index is 0.372. The van der Waals surface area contributed by atoms with Gasteiger partial charge in [0.2, 0.25) is 0 Å². The van der Waals surface area contributed by atoms with Crippen molar-refractivity contribution in [2.24, 2.45) is 11.8 Å². The Morgan fingerprint density at radius 1 is 0.879 bits per heavy atom. The molecule has 3 aromatic carbocycles. The molecule has 4 aromatic rings. The van der Waals surface area contributed by atoms with Crippen LogP contribution in [0.25, 0.3) is 26.4 Å². The highest BCUT2D eigenvalue weighted by molar-refractivity contribution is 7.20. The summed E-state index contributed by atoms with van der Waals surface area (Å²) in [6, 6.07) is 25.4. The average Bonchev–Trinajstić information content (AvgIpc) is 3.44. The minimum Gasteiger partial charge on any atom is -0.352 e. The van der Waals surface area contributed by atoms with Crippen molar-refractivity contribution in [1.29, 1.82) is 0 Å². The van der Waals surface area contributed by atoms with Gasteiger partial charge in [0.1, 0.15) is 0 Å². The third-order valence-electron chi connectivity index (χ3n) is 7.45. The Bertz CT molecular complexity index is 1470. The monoisotopic (exact) mass is 445 g/mol. The Morgan fingerprint density at radius 3 is 2.18 bits per heavy atom. The fraction of sp³-hybridized carbons (Fsp3) is 0.161. The summed E-state index contributed by atoms with van der Waals surface area (Å²) in [7, 11) is 2.10. The average molecular weight is 446 g/mol. The number of fused-ring (bicyclic) bond motifs is 7. The lowest BCUT2D eigenvalue weighted by Gasteiger charge is -2.25. The van der Waals surface area contributed by atoms with E-state index in [9.17, 15) is 0 Å². The van der Waals surface area contributed by atoms with Gasteiger partial charge in [-0.15, -0.1) is 11.3 Å². The van der Waals surface area contributed by atoms with Gasteiger partial charge in [0, 0.05) is 39.9 Å². The van der Waals surface area contributed by atoms with E-state index in [2.05, 4.69) is 74.5 Å². The van der Waals surface area contributed by atoms with Gasteiger partial charge < -0.3 is 4.90 Å². The van der Waals surface area contributed by atoms with E-state index in [-0.39, 0.29) is 0 Å². The number of benzene rings is 3. The molecule has 33 heavy (non-hydrogen) atoms. The first-order valence-electron chi connectivity index (χ1n) is 11.5. The van der Waals surface area contributed by atoms with Crippen LogP contribution in [0.4, 0.5) is 0 Å². The molecule has 0 amide bonds. The molecule has 2 unspecified atom stereocenters. The van der Waals surface area contributed by atoms with Crippen molar-refractivity contribution in [2.75, 3.05) is 7.05 Å². The second kappa shape index (κ2) is 7.60. The van der Waals surface area contributed by atoms with E-state index in [0.717, 1.165) is 6.42 Å². The highest BCUT2D eigenvalue weighted by Crippen LogP contribution is 2.56. The number of nitrogens with zero attached hydrogens (tertiary/aromatic N) is 1. The lowest BCUT2D eigenvalue weighted by atomic mass is 9.77. The molecule has 2 heteroatoms. The minimum atomic E-state index is 0.372. The largest absolute Gasteiger partial charge is 0.352 e. The lowest BCUT2D eigenvalue weighted by molar-refractivity contribution is 0.550. The maximum absolute atomic E-state index is 4.38. The molecular weight excluding hydrogens is 418 g/mol. The van der Waals surface area contributed by atoms with Gasteiger partial charge in [-0.1, -0.05) is 85.5 Å². The van der Waals surface area contributed by atoms with Crippen molar-refractivity contribution in [2.45, 2.75) is 13.3 Å². The van der Waals surface area contributed by atoms with Crippen molar-refractivity contribution < 1.29 is 0 Å². The van der Waals surface area contributed by atoms with Gasteiger partial charge in [-0.3, -0.25) is 0 Å². The van der Waals surface area contributed by atoms with Crippen LogP contribution in [0.15, 0.2) is 115 Å². The highest BCUT2D eigenvalue weighted by Gasteiger charge is 2.43. The molecule has 1 saturated heterocycles. The van der Waals surface area contributed by atoms with E-state index in [0.29, 0.717) is 11.8 Å². The first-order chi connectivity index (χ1) is 16.0. The molecular formula is C31H27NS. The lowest BCUT2D eigenvalue weighted by Crippen LogP contribution is -2.15. The van der Waals surface area contributed by atoms with E-state index < -0.39 is 0 Å². The molecule has 2 atom stereocenters. The summed E-state index contributed by atoms with van der Waals surface area (Å²) in [6.45, 7) is 11.0. The summed E-state index contributed by atoms with van der Waals surface area (Å²) < 4.78 is 1.41. The molecule has 7 rings (SSSR count). The first kappa shape index (κ1) is 20.3. The summed E-state index contributed by atoms with van der Waals surface area (Å²) in [4.78, 5) is 3.67. The Balaban J connectivity index is 0.000000302. The maximum atomic E-state index is 4.38. The standard InChI is InChI=1S/C25H21NS.C6H6/c1-13-23-15(3)26(4)14(2)19(23)10-18-11-21-20-9-16-7-5-6-8-17(16)12-22(20)27-25(21)24(13)18;1-2-4-6-5-3-1/h5-10,12,19,23H,2-3,11H2,1,4H3;1-6H. The number of hydrogen-bond acceptors (Lipinski definition) is 2. The third kappa shape index (κ3) is 3.05. The Kier molecular flexibility index (Phi) is 4.67. The molecule has 3 aliphatic rings. The van der Waals surface area contributed by atoms with Gasteiger partial charge in [0.25, 0.3) is 0 Å². The number of likely N-dealkylation sites (tertiary alicyclic amines) is 1. The van der Waals surface area contributed by atoms with Crippen LogP contribution in [0.2, 0.25) is 0 Å². The van der Waals surface area contributed by atoms with Gasteiger partial charge in [-0.05, 0) is 58.3 Å². The summed E-state index contributed by atoms with van der Waals surface area (Å²) in [5.74, 6) is 0.749. The molecule has 1 fully saturated rings. The Labute approximate surface area is 199 Å². The third-order valence-corrected chi connectivity index (χ3v) is 8.66. The predicted molar refractivity (Wildman–Crippen MR) is 143 cm³/mol. The van der Waals surface area contributed by atoms with Crippen LogP contribution in [0, 0.1) is 11.8 Å². The van der Waals surface area contributed by atoms with Crippen LogP contribution in [-0.2, 0) is 6.42 Å². The van der Waals surface area contributed by atoms with Gasteiger partial charge in [-0.25, -0.2) is 0 Å². The van der Waals surface area contributed by atoms with Gasteiger partial charge in [0.15, 0.2) is 0 Å². The topological polar surface area (TPSA) is 3.24 Å². The molecule has 0 spiro atoms. The normalized spacial score (nSPS) is 21.0. The molecule has 1 nitrogen and oxygen atoms in total. The highest BCUT2D eigenvalue weighted by atomic mass is 32.1. The summed E-state index contributed by atoms with van der Waals surface area (Å²) in [6.07, 6.45) is 3.52. The van der Waals surface area contributed by atoms with Crippen LogP contribution in [0.3, 0.4) is 0 Å². The molecule has 1 aromatic heterocycles. The number of thiophene rings is 1. The molecule has 0 radical (unpaired) electrons. The van der Waals surface area contributed by atoms with Gasteiger partial charge >= 0.3 is 0 Å². The zero-order valence-corrected chi connectivity index (χ0v) is 20.0. The summed E-state index contributed by atoms with van der Waals surface area (Å²) in [5.41, 5.74) is 8.34. The fourth-order valence-corrected chi connectivity index (χ4v) is 7.09. The van der Waals surface area contributed by atoms with Crippen molar-refractivity contribution in [3.05, 3.63) is 125 Å². The zero-order chi connectivity index (χ0) is 22.7. The van der Waals surface area contributed by atoms with Crippen molar-refractivity contribution >= 4 is 37.8 Å². The molecule has 1 aliphatic heterocycles. The SMILES string of the molecule is C=C1C2C=C3Cc4c(sc5cc6ccccc6cc45)C3=C(C)C2C(=C)N1C.c1ccccc1. The smallest absolute Gasteiger partial charge is 0.0393 e. The van der Waals surface area contributed by atoms with E-state index in [1.165, 1.54) is 59.4 Å². The predicted octanol–water partition coefficient (Wildman–Crippen LogP) is 8.22.